The van der Waals surface area contributed by atoms with E-state index in [4.69, 9.17) is 28.9 Å². The maximum Gasteiger partial charge on any atom is 0.275 e. The van der Waals surface area contributed by atoms with Crippen molar-refractivity contribution in [1.29, 1.82) is 0 Å². The molecule has 0 unspecified atom stereocenters. The number of hydrogen-bond acceptors (Lipinski definition) is 6. The van der Waals surface area contributed by atoms with Gasteiger partial charge in [-0.25, -0.2) is 0 Å². The lowest BCUT2D eigenvalue weighted by Crippen LogP contribution is -2.49. The van der Waals surface area contributed by atoms with E-state index in [0.717, 1.165) is 24.1 Å². The van der Waals surface area contributed by atoms with E-state index < -0.39 is 0 Å². The van der Waals surface area contributed by atoms with Crippen LogP contribution in [0.25, 0.3) is 0 Å². The van der Waals surface area contributed by atoms with Gasteiger partial charge in [-0.2, -0.15) is 0 Å². The van der Waals surface area contributed by atoms with E-state index in [1.807, 2.05) is 24.8 Å². The zero-order valence-electron chi connectivity index (χ0n) is 20.3. The number of likely N-dealkylation sites (N-methyl/N-ethyl adjacent to an activating group) is 1. The largest absolute Gasteiger partial charge is 0.404 e. The van der Waals surface area contributed by atoms with E-state index in [-0.39, 0.29) is 17.5 Å². The van der Waals surface area contributed by atoms with Crippen LogP contribution < -0.4 is 16.4 Å². The Morgan fingerprint density at radius 2 is 1.97 bits per heavy atom. The Morgan fingerprint density at radius 3 is 2.59 bits per heavy atom. The average Bonchev–Trinajstić information content (AvgIpc) is 2.82. The summed E-state index contributed by atoms with van der Waals surface area (Å²) in [4.78, 5) is 33.3. The van der Waals surface area contributed by atoms with E-state index >= 15 is 0 Å². The molecule has 8 nitrogen and oxygen atoms in total. The van der Waals surface area contributed by atoms with Gasteiger partial charge in [-0.05, 0) is 55.3 Å². The normalized spacial score (nSPS) is 16.4. The first-order valence-corrected chi connectivity index (χ1v) is 12.0. The third-order valence-electron chi connectivity index (χ3n) is 5.71. The van der Waals surface area contributed by atoms with E-state index in [2.05, 4.69) is 15.6 Å². The van der Waals surface area contributed by atoms with Crippen LogP contribution in [0.4, 0.5) is 0 Å². The number of hydrogen-bond donors (Lipinski definition) is 3. The quantitative estimate of drug-likeness (QED) is 0.421. The molecule has 186 valence electrons. The first-order valence-electron chi connectivity index (χ1n) is 11.2. The molecule has 0 atom stereocenters. The minimum absolute atomic E-state index is 0.0871. The molecule has 1 heterocycles. The number of benzene rings is 1. The van der Waals surface area contributed by atoms with Crippen molar-refractivity contribution in [3.8, 4) is 0 Å². The Hall–Kier alpha value is -2.55. The second-order valence-electron chi connectivity index (χ2n) is 8.24. The lowest BCUT2D eigenvalue weighted by Gasteiger charge is -2.31. The van der Waals surface area contributed by atoms with Gasteiger partial charge >= 0.3 is 0 Å². The van der Waals surface area contributed by atoms with Crippen molar-refractivity contribution in [3.63, 3.8) is 0 Å². The molecule has 1 aliphatic rings. The van der Waals surface area contributed by atoms with Gasteiger partial charge in [-0.1, -0.05) is 36.2 Å². The van der Waals surface area contributed by atoms with Gasteiger partial charge in [0.25, 0.3) is 5.91 Å². The lowest BCUT2D eigenvalue weighted by molar-refractivity contribution is -0.134. The second kappa shape index (κ2) is 13.4. The van der Waals surface area contributed by atoms with Gasteiger partial charge in [-0.15, -0.1) is 0 Å². The van der Waals surface area contributed by atoms with Crippen LogP contribution in [0, 0.1) is 0 Å². The highest BCUT2D eigenvalue weighted by Gasteiger charge is 2.21. The maximum atomic E-state index is 13.1. The summed E-state index contributed by atoms with van der Waals surface area (Å²) >= 11 is 12.1. The number of nitrogens with zero attached hydrogens (tertiary/aromatic N) is 3. The van der Waals surface area contributed by atoms with Gasteiger partial charge in [0.05, 0.1) is 23.1 Å². The smallest absolute Gasteiger partial charge is 0.275 e. The first kappa shape index (κ1) is 27.7. The van der Waals surface area contributed by atoms with Crippen LogP contribution in [0.2, 0.25) is 10.0 Å². The number of rotatable bonds is 10. The van der Waals surface area contributed by atoms with Gasteiger partial charge in [0.1, 0.15) is 11.5 Å². The molecule has 0 aliphatic carbocycles. The predicted molar refractivity (Wildman–Crippen MR) is 139 cm³/mol. The number of halogens is 2. The van der Waals surface area contributed by atoms with Crippen LogP contribution in [-0.4, -0.2) is 67.1 Å². The van der Waals surface area contributed by atoms with Gasteiger partial charge in [0, 0.05) is 33.2 Å². The topological polar surface area (TPSA) is 103 Å². The zero-order valence-corrected chi connectivity index (χ0v) is 21.8. The number of piperazine rings is 1. The summed E-state index contributed by atoms with van der Waals surface area (Å²) in [6.07, 6.45) is 2.12. The van der Waals surface area contributed by atoms with Gasteiger partial charge in [0.2, 0.25) is 5.91 Å². The monoisotopic (exact) mass is 508 g/mol. The summed E-state index contributed by atoms with van der Waals surface area (Å²) in [6.45, 7) is 8.97. The Kier molecular flexibility index (Phi) is 10.9. The molecule has 1 saturated heterocycles. The SMILES string of the molecule is CC/C(C)=C(/NCc1ccc(Cl)c(Cl)c1)NC(=O)C(=NCCN1CCN(C)C(=O)C1)C(C)=CN. The fourth-order valence-electron chi connectivity index (χ4n) is 3.25. The Labute approximate surface area is 211 Å². The van der Waals surface area contributed by atoms with E-state index in [0.29, 0.717) is 54.2 Å². The van der Waals surface area contributed by atoms with Crippen molar-refractivity contribution >= 4 is 40.7 Å². The molecule has 34 heavy (non-hydrogen) atoms. The summed E-state index contributed by atoms with van der Waals surface area (Å²) in [5.74, 6) is 0.350. The molecule has 0 radical (unpaired) electrons. The summed E-state index contributed by atoms with van der Waals surface area (Å²) in [6, 6.07) is 5.40. The number of nitrogens with two attached hydrogens (primary N) is 1. The molecule has 2 rings (SSSR count). The van der Waals surface area contributed by atoms with Crippen LogP contribution in [0.1, 0.15) is 32.8 Å². The Balaban J connectivity index is 2.08. The third kappa shape index (κ3) is 8.04. The average molecular weight is 509 g/mol. The molecule has 0 spiro atoms. The number of carbonyl (C=O) groups excluding carboxylic acids is 2. The van der Waals surface area contributed by atoms with Crippen LogP contribution in [0.15, 0.2) is 46.4 Å². The highest BCUT2D eigenvalue weighted by molar-refractivity contribution is 6.45. The summed E-state index contributed by atoms with van der Waals surface area (Å²) in [5, 5.41) is 7.20. The highest BCUT2D eigenvalue weighted by Crippen LogP contribution is 2.22. The van der Waals surface area contributed by atoms with Crippen LogP contribution in [0.3, 0.4) is 0 Å². The molecular weight excluding hydrogens is 475 g/mol. The molecule has 2 amide bonds. The van der Waals surface area contributed by atoms with Gasteiger partial charge < -0.3 is 21.3 Å². The van der Waals surface area contributed by atoms with Gasteiger partial charge in [-0.3, -0.25) is 19.5 Å². The number of nitrogens with one attached hydrogen (secondary N) is 2. The molecule has 10 heteroatoms. The minimum Gasteiger partial charge on any atom is -0.404 e. The Morgan fingerprint density at radius 1 is 1.24 bits per heavy atom. The standard InChI is InChI=1S/C24H34Cl2N6O2/c1-5-16(2)23(29-14-18-6-7-19(25)20(26)12-18)30-24(34)22(17(3)13-27)28-8-9-32-11-10-31(4)21(33)15-32/h6-7,12-13,29H,5,8-11,14-15,27H2,1-4H3,(H,30,34)/b17-13?,23-16-,28-22?. The zero-order chi connectivity index (χ0) is 25.3. The van der Waals surface area contributed by atoms with Gasteiger partial charge in [0.15, 0.2) is 0 Å². The predicted octanol–water partition coefficient (Wildman–Crippen LogP) is 2.92. The fraction of sp³-hybridized carbons (Fsp3) is 0.458. The highest BCUT2D eigenvalue weighted by atomic mass is 35.5. The summed E-state index contributed by atoms with van der Waals surface area (Å²) in [5.41, 5.74) is 8.45. The second-order valence-corrected chi connectivity index (χ2v) is 9.05. The van der Waals surface area contributed by atoms with Crippen molar-refractivity contribution in [2.75, 3.05) is 39.8 Å². The van der Waals surface area contributed by atoms with Crippen molar-refractivity contribution in [1.82, 2.24) is 20.4 Å². The summed E-state index contributed by atoms with van der Waals surface area (Å²) < 4.78 is 0. The number of amides is 2. The summed E-state index contributed by atoms with van der Waals surface area (Å²) in [7, 11) is 1.80. The maximum absolute atomic E-state index is 13.1. The van der Waals surface area contributed by atoms with Crippen molar-refractivity contribution in [2.45, 2.75) is 33.7 Å². The molecular formula is C24H34Cl2N6O2. The number of allylic oxidation sites excluding steroid dienone is 1. The molecule has 1 aromatic carbocycles. The van der Waals surface area contributed by atoms with E-state index in [1.54, 1.807) is 31.0 Å². The first-order chi connectivity index (χ1) is 16.2. The van der Waals surface area contributed by atoms with Crippen molar-refractivity contribution in [2.24, 2.45) is 10.7 Å². The third-order valence-corrected chi connectivity index (χ3v) is 6.45. The molecule has 0 bridgehead atoms. The van der Waals surface area contributed by atoms with Crippen molar-refractivity contribution < 1.29 is 9.59 Å². The minimum atomic E-state index is -0.349. The molecule has 1 aromatic rings. The van der Waals surface area contributed by atoms with Crippen LogP contribution in [0.5, 0.6) is 0 Å². The molecule has 1 fully saturated rings. The Bertz CT molecular complexity index is 990. The molecule has 4 N–H and O–H groups in total. The lowest BCUT2D eigenvalue weighted by atomic mass is 10.1. The number of carbonyl (C=O) groups is 2. The fourth-order valence-corrected chi connectivity index (χ4v) is 3.57. The van der Waals surface area contributed by atoms with Crippen molar-refractivity contribution in [3.05, 3.63) is 57.0 Å². The van der Waals surface area contributed by atoms with Crippen LogP contribution >= 0.6 is 23.2 Å². The molecule has 1 aliphatic heterocycles. The number of aliphatic imine (C=N–C) groups is 1. The molecule has 0 saturated carbocycles. The van der Waals surface area contributed by atoms with E-state index in [1.165, 1.54) is 6.20 Å². The molecule has 0 aromatic heterocycles. The van der Waals surface area contributed by atoms with Crippen LogP contribution in [-0.2, 0) is 16.1 Å². The van der Waals surface area contributed by atoms with E-state index in [9.17, 15) is 9.59 Å².